The number of aromatic nitrogens is 4. The summed E-state index contributed by atoms with van der Waals surface area (Å²) in [5.74, 6) is 1.12. The van der Waals surface area contributed by atoms with E-state index in [2.05, 4.69) is 33.4 Å². The first kappa shape index (κ1) is 21.2. The second-order valence-corrected chi connectivity index (χ2v) is 8.64. The van der Waals surface area contributed by atoms with Crippen molar-refractivity contribution in [2.24, 2.45) is 0 Å². The summed E-state index contributed by atoms with van der Waals surface area (Å²) >= 11 is 1.41. The van der Waals surface area contributed by atoms with Crippen molar-refractivity contribution >= 4 is 23.2 Å². The Bertz CT molecular complexity index is 1260. The predicted molar refractivity (Wildman–Crippen MR) is 131 cm³/mol. The first-order chi connectivity index (χ1) is 16.3. The molecular formula is C26H23N5OS. The molecule has 2 aromatic carbocycles. The van der Waals surface area contributed by atoms with E-state index in [9.17, 15) is 4.79 Å². The Hall–Kier alpha value is -3.71. The van der Waals surface area contributed by atoms with Gasteiger partial charge in [0.1, 0.15) is 0 Å². The molecule has 0 saturated carbocycles. The largest absolute Gasteiger partial charge is 0.338 e. The number of nitrogens with zero attached hydrogens (tertiary/aromatic N) is 5. The predicted octanol–water partition coefficient (Wildman–Crippen LogP) is 4.74. The zero-order valence-corrected chi connectivity index (χ0v) is 18.9. The first-order valence-corrected chi connectivity index (χ1v) is 11.8. The van der Waals surface area contributed by atoms with Crippen LogP contribution in [0, 0.1) is 0 Å². The summed E-state index contributed by atoms with van der Waals surface area (Å²) in [6.45, 7) is 1.36. The minimum atomic E-state index is 0.105. The lowest BCUT2D eigenvalue weighted by Gasteiger charge is -2.26. The van der Waals surface area contributed by atoms with Crippen LogP contribution in [0.2, 0.25) is 0 Å². The Labute approximate surface area is 197 Å². The van der Waals surface area contributed by atoms with Crippen molar-refractivity contribution in [3.05, 3.63) is 96.8 Å². The standard InChI is InChI=1S/C26H23N5OS/c32-24(30-16-13-21(14-17-30)20-8-3-1-4-9-20)19-33-26-29-28-25(22-10-7-15-27-18-22)31(26)23-11-5-2-6-12-23/h1-13,15,18H,14,16-17,19H2. The molecule has 0 bridgehead atoms. The third kappa shape index (κ3) is 4.73. The molecule has 0 atom stereocenters. The number of benzene rings is 2. The molecule has 0 N–H and O–H groups in total. The number of para-hydroxylation sites is 1. The minimum absolute atomic E-state index is 0.105. The summed E-state index contributed by atoms with van der Waals surface area (Å²) in [5, 5.41) is 9.50. The van der Waals surface area contributed by atoms with Gasteiger partial charge in [0, 0.05) is 36.7 Å². The number of hydrogen-bond donors (Lipinski definition) is 0. The quantitative estimate of drug-likeness (QED) is 0.395. The summed E-state index contributed by atoms with van der Waals surface area (Å²) in [5.41, 5.74) is 4.36. The Morgan fingerprint density at radius 1 is 0.909 bits per heavy atom. The van der Waals surface area contributed by atoms with Crippen LogP contribution in [0.1, 0.15) is 12.0 Å². The van der Waals surface area contributed by atoms with Crippen molar-refractivity contribution in [3.8, 4) is 17.1 Å². The topological polar surface area (TPSA) is 63.9 Å². The highest BCUT2D eigenvalue weighted by Crippen LogP contribution is 2.28. The fourth-order valence-electron chi connectivity index (χ4n) is 3.88. The lowest BCUT2D eigenvalue weighted by molar-refractivity contribution is -0.127. The maximum atomic E-state index is 12.9. The fourth-order valence-corrected chi connectivity index (χ4v) is 4.74. The van der Waals surface area contributed by atoms with Crippen LogP contribution in [0.5, 0.6) is 0 Å². The number of thioether (sulfide) groups is 1. The van der Waals surface area contributed by atoms with Gasteiger partial charge in [0.05, 0.1) is 5.75 Å². The van der Waals surface area contributed by atoms with Gasteiger partial charge in [-0.15, -0.1) is 10.2 Å². The summed E-state index contributed by atoms with van der Waals surface area (Å²) < 4.78 is 1.98. The summed E-state index contributed by atoms with van der Waals surface area (Å²) in [6.07, 6.45) is 6.53. The van der Waals surface area contributed by atoms with E-state index in [1.807, 2.05) is 70.1 Å². The van der Waals surface area contributed by atoms with Crippen LogP contribution in [0.25, 0.3) is 22.6 Å². The molecule has 2 aromatic heterocycles. The molecule has 0 fully saturated rings. The molecule has 33 heavy (non-hydrogen) atoms. The Morgan fingerprint density at radius 3 is 2.36 bits per heavy atom. The van der Waals surface area contributed by atoms with Crippen molar-refractivity contribution in [3.63, 3.8) is 0 Å². The van der Waals surface area contributed by atoms with Crippen LogP contribution in [-0.4, -0.2) is 49.4 Å². The van der Waals surface area contributed by atoms with Crippen LogP contribution in [0.4, 0.5) is 0 Å². The van der Waals surface area contributed by atoms with Crippen molar-refractivity contribution in [1.29, 1.82) is 0 Å². The zero-order chi connectivity index (χ0) is 22.5. The molecule has 7 heteroatoms. The van der Waals surface area contributed by atoms with Gasteiger partial charge in [-0.1, -0.05) is 66.4 Å². The third-order valence-corrected chi connectivity index (χ3v) is 6.51. The fraction of sp³-hybridized carbons (Fsp3) is 0.154. The summed E-state index contributed by atoms with van der Waals surface area (Å²) in [4.78, 5) is 19.1. The van der Waals surface area contributed by atoms with E-state index >= 15 is 0 Å². The first-order valence-electron chi connectivity index (χ1n) is 10.9. The van der Waals surface area contributed by atoms with Crippen molar-refractivity contribution in [2.45, 2.75) is 11.6 Å². The van der Waals surface area contributed by atoms with Gasteiger partial charge in [0.15, 0.2) is 11.0 Å². The number of pyridine rings is 1. The lowest BCUT2D eigenvalue weighted by Crippen LogP contribution is -2.35. The molecule has 6 nitrogen and oxygen atoms in total. The van der Waals surface area contributed by atoms with Gasteiger partial charge >= 0.3 is 0 Å². The average molecular weight is 454 g/mol. The molecule has 1 aliphatic rings. The van der Waals surface area contributed by atoms with E-state index in [1.165, 1.54) is 22.9 Å². The van der Waals surface area contributed by atoms with Crippen LogP contribution >= 0.6 is 11.8 Å². The van der Waals surface area contributed by atoms with E-state index < -0.39 is 0 Å². The molecule has 0 radical (unpaired) electrons. The van der Waals surface area contributed by atoms with Crippen molar-refractivity contribution in [1.82, 2.24) is 24.6 Å². The normalized spacial score (nSPS) is 13.6. The molecular weight excluding hydrogens is 430 g/mol. The van der Waals surface area contributed by atoms with E-state index in [0.717, 1.165) is 24.2 Å². The Balaban J connectivity index is 1.32. The van der Waals surface area contributed by atoms with Crippen molar-refractivity contribution in [2.75, 3.05) is 18.8 Å². The van der Waals surface area contributed by atoms with Gasteiger partial charge in [0.25, 0.3) is 0 Å². The van der Waals surface area contributed by atoms with Crippen LogP contribution < -0.4 is 0 Å². The summed E-state index contributed by atoms with van der Waals surface area (Å²) in [6, 6.07) is 24.1. The zero-order valence-electron chi connectivity index (χ0n) is 18.0. The van der Waals surface area contributed by atoms with Crippen molar-refractivity contribution < 1.29 is 4.79 Å². The number of hydrogen-bond acceptors (Lipinski definition) is 5. The van der Waals surface area contributed by atoms with E-state index in [0.29, 0.717) is 23.3 Å². The van der Waals surface area contributed by atoms with Gasteiger partial charge in [-0.2, -0.15) is 0 Å². The highest BCUT2D eigenvalue weighted by Gasteiger charge is 2.21. The summed E-state index contributed by atoms with van der Waals surface area (Å²) in [7, 11) is 0. The number of amides is 1. The monoisotopic (exact) mass is 453 g/mol. The van der Waals surface area contributed by atoms with E-state index in [-0.39, 0.29) is 5.91 Å². The third-order valence-electron chi connectivity index (χ3n) is 5.60. The number of carbonyl (C=O) groups is 1. The van der Waals surface area contributed by atoms with Crippen LogP contribution in [0.3, 0.4) is 0 Å². The van der Waals surface area contributed by atoms with Gasteiger partial charge in [-0.3, -0.25) is 14.3 Å². The minimum Gasteiger partial charge on any atom is -0.338 e. The molecule has 3 heterocycles. The Morgan fingerprint density at radius 2 is 1.67 bits per heavy atom. The molecule has 5 rings (SSSR count). The molecule has 1 aliphatic heterocycles. The van der Waals surface area contributed by atoms with Crippen LogP contribution in [-0.2, 0) is 4.79 Å². The highest BCUT2D eigenvalue weighted by atomic mass is 32.2. The molecule has 4 aromatic rings. The second kappa shape index (κ2) is 9.83. The van der Waals surface area contributed by atoms with E-state index in [1.54, 1.807) is 12.4 Å². The Kier molecular flexibility index (Phi) is 6.30. The SMILES string of the molecule is O=C(CSc1nnc(-c2cccnc2)n1-c1ccccc1)N1CC=C(c2ccccc2)CC1. The average Bonchev–Trinajstić information content (AvgIpc) is 3.33. The molecule has 0 saturated heterocycles. The molecule has 0 unspecified atom stereocenters. The molecule has 164 valence electrons. The molecule has 0 spiro atoms. The van der Waals surface area contributed by atoms with Gasteiger partial charge in [0.2, 0.25) is 5.91 Å². The number of carbonyl (C=O) groups excluding carboxylic acids is 1. The van der Waals surface area contributed by atoms with Gasteiger partial charge < -0.3 is 4.90 Å². The second-order valence-electron chi connectivity index (χ2n) is 7.69. The lowest BCUT2D eigenvalue weighted by atomic mass is 10.00. The van der Waals surface area contributed by atoms with Gasteiger partial charge in [-0.05, 0) is 41.8 Å². The van der Waals surface area contributed by atoms with E-state index in [4.69, 9.17) is 0 Å². The highest BCUT2D eigenvalue weighted by molar-refractivity contribution is 7.99. The maximum Gasteiger partial charge on any atom is 0.233 e. The molecule has 1 amide bonds. The smallest absolute Gasteiger partial charge is 0.233 e. The number of rotatable bonds is 6. The van der Waals surface area contributed by atoms with Crippen LogP contribution in [0.15, 0.2) is 96.4 Å². The van der Waals surface area contributed by atoms with Gasteiger partial charge in [-0.25, -0.2) is 0 Å². The maximum absolute atomic E-state index is 12.9. The molecule has 0 aliphatic carbocycles.